The highest BCUT2D eigenvalue weighted by molar-refractivity contribution is 5.95. The van der Waals surface area contributed by atoms with Crippen LogP contribution in [0.25, 0.3) is 0 Å². The first kappa shape index (κ1) is 15.3. The lowest BCUT2D eigenvalue weighted by Crippen LogP contribution is -2.49. The Morgan fingerprint density at radius 2 is 1.90 bits per heavy atom. The Bertz CT molecular complexity index is 522. The molecule has 0 saturated carbocycles. The van der Waals surface area contributed by atoms with Gasteiger partial charge in [0.2, 0.25) is 0 Å². The van der Waals surface area contributed by atoms with Gasteiger partial charge < -0.3 is 20.1 Å². The Hall–Kier alpha value is -2.08. The van der Waals surface area contributed by atoms with E-state index in [1.54, 1.807) is 29.2 Å². The molecule has 0 bridgehead atoms. The molecule has 21 heavy (non-hydrogen) atoms. The van der Waals surface area contributed by atoms with E-state index in [1.165, 1.54) is 0 Å². The van der Waals surface area contributed by atoms with E-state index in [0.29, 0.717) is 18.8 Å². The van der Waals surface area contributed by atoms with Crippen molar-refractivity contribution in [2.24, 2.45) is 5.73 Å². The van der Waals surface area contributed by atoms with E-state index in [-0.39, 0.29) is 30.3 Å². The third-order valence-corrected chi connectivity index (χ3v) is 3.28. The van der Waals surface area contributed by atoms with Crippen molar-refractivity contribution in [1.29, 1.82) is 0 Å². The van der Waals surface area contributed by atoms with Crippen LogP contribution >= 0.6 is 0 Å². The summed E-state index contributed by atoms with van der Waals surface area (Å²) in [5.74, 6) is -0.379. The van der Waals surface area contributed by atoms with Gasteiger partial charge in [0, 0.05) is 13.1 Å². The Labute approximate surface area is 123 Å². The Morgan fingerprint density at radius 3 is 2.52 bits per heavy atom. The van der Waals surface area contributed by atoms with Gasteiger partial charge in [-0.3, -0.25) is 9.59 Å². The van der Waals surface area contributed by atoms with Crippen LogP contribution in [0.5, 0.6) is 5.75 Å². The summed E-state index contributed by atoms with van der Waals surface area (Å²) in [6.45, 7) is 4.83. The van der Waals surface area contributed by atoms with Crippen LogP contribution in [0.3, 0.4) is 0 Å². The molecule has 1 aliphatic rings. The van der Waals surface area contributed by atoms with Crippen LogP contribution < -0.4 is 10.5 Å². The van der Waals surface area contributed by atoms with E-state index in [4.69, 9.17) is 15.2 Å². The van der Waals surface area contributed by atoms with E-state index in [1.807, 2.05) is 13.8 Å². The number of carbonyl (C=O) groups excluding carboxylic acids is 2. The van der Waals surface area contributed by atoms with Gasteiger partial charge in [-0.15, -0.1) is 0 Å². The van der Waals surface area contributed by atoms with E-state index in [2.05, 4.69) is 0 Å². The lowest BCUT2D eigenvalue weighted by atomic mass is 10.2. The largest absolute Gasteiger partial charge is 0.483 e. The number of rotatable bonds is 4. The van der Waals surface area contributed by atoms with Crippen LogP contribution in [0.15, 0.2) is 24.3 Å². The van der Waals surface area contributed by atoms with E-state index >= 15 is 0 Å². The zero-order valence-electron chi connectivity index (χ0n) is 12.2. The van der Waals surface area contributed by atoms with Crippen molar-refractivity contribution >= 4 is 11.8 Å². The van der Waals surface area contributed by atoms with Gasteiger partial charge in [-0.2, -0.15) is 0 Å². The van der Waals surface area contributed by atoms with Gasteiger partial charge in [0.05, 0.1) is 17.8 Å². The number of hydrogen-bond donors (Lipinski definition) is 1. The molecule has 1 aromatic carbocycles. The van der Waals surface area contributed by atoms with Crippen molar-refractivity contribution < 1.29 is 19.1 Å². The van der Waals surface area contributed by atoms with Gasteiger partial charge >= 0.3 is 0 Å². The Morgan fingerprint density at radius 1 is 1.29 bits per heavy atom. The minimum atomic E-state index is -0.577. The van der Waals surface area contributed by atoms with Crippen molar-refractivity contribution in [2.75, 3.05) is 19.7 Å². The van der Waals surface area contributed by atoms with Crippen LogP contribution in [0.2, 0.25) is 0 Å². The van der Waals surface area contributed by atoms with Gasteiger partial charge in [0.15, 0.2) is 6.61 Å². The highest BCUT2D eigenvalue weighted by Gasteiger charge is 2.26. The predicted octanol–water partition coefficient (Wildman–Crippen LogP) is 0.800. The molecule has 0 aromatic heterocycles. The molecule has 1 aliphatic heterocycles. The summed E-state index contributed by atoms with van der Waals surface area (Å²) in [5.41, 5.74) is 5.54. The van der Waals surface area contributed by atoms with Crippen molar-refractivity contribution in [3.05, 3.63) is 29.8 Å². The van der Waals surface area contributed by atoms with Gasteiger partial charge in [0.25, 0.3) is 11.8 Å². The fourth-order valence-corrected chi connectivity index (χ4v) is 2.41. The third kappa shape index (κ3) is 3.95. The molecule has 6 heteroatoms. The molecule has 2 rings (SSSR count). The van der Waals surface area contributed by atoms with E-state index in [0.717, 1.165) is 0 Å². The molecule has 0 aliphatic carbocycles. The highest BCUT2D eigenvalue weighted by atomic mass is 16.5. The minimum Gasteiger partial charge on any atom is -0.483 e. The summed E-state index contributed by atoms with van der Waals surface area (Å²) < 4.78 is 11.0. The fourth-order valence-electron chi connectivity index (χ4n) is 2.41. The molecule has 1 fully saturated rings. The monoisotopic (exact) mass is 292 g/mol. The molecule has 1 saturated heterocycles. The molecule has 2 N–H and O–H groups in total. The first-order valence-electron chi connectivity index (χ1n) is 6.92. The van der Waals surface area contributed by atoms with Crippen LogP contribution in [0.4, 0.5) is 0 Å². The minimum absolute atomic E-state index is 0.00982. The molecule has 1 heterocycles. The first-order valence-corrected chi connectivity index (χ1v) is 6.92. The topological polar surface area (TPSA) is 81.9 Å². The molecule has 0 unspecified atom stereocenters. The number of ether oxygens (including phenoxy) is 2. The zero-order valence-corrected chi connectivity index (χ0v) is 12.2. The fraction of sp³-hybridized carbons (Fsp3) is 0.467. The second-order valence-corrected chi connectivity index (χ2v) is 5.21. The number of para-hydroxylation sites is 1. The number of carbonyl (C=O) groups is 2. The zero-order chi connectivity index (χ0) is 15.4. The standard InChI is InChI=1S/C15H20N2O4/c1-10-7-17(8-11(2)21-10)14(18)9-20-13-6-4-3-5-12(13)15(16)19/h3-6,10-11H,7-9H2,1-2H3,(H2,16,19)/t10-,11-/m0/s1. The lowest BCUT2D eigenvalue weighted by Gasteiger charge is -2.35. The summed E-state index contributed by atoms with van der Waals surface area (Å²) in [4.78, 5) is 25.2. The smallest absolute Gasteiger partial charge is 0.260 e. The average molecular weight is 292 g/mol. The second-order valence-electron chi connectivity index (χ2n) is 5.21. The summed E-state index contributed by atoms with van der Waals surface area (Å²) in [5, 5.41) is 0. The number of nitrogens with zero attached hydrogens (tertiary/aromatic N) is 1. The number of amides is 2. The summed E-state index contributed by atoms with van der Waals surface area (Å²) in [7, 11) is 0. The van der Waals surface area contributed by atoms with Crippen molar-refractivity contribution in [2.45, 2.75) is 26.1 Å². The summed E-state index contributed by atoms with van der Waals surface area (Å²) in [6, 6.07) is 6.62. The maximum absolute atomic E-state index is 12.2. The first-order chi connectivity index (χ1) is 9.97. The maximum atomic E-state index is 12.2. The van der Waals surface area contributed by atoms with Gasteiger partial charge in [-0.1, -0.05) is 12.1 Å². The molecule has 2 amide bonds. The Kier molecular flexibility index (Phi) is 4.80. The van der Waals surface area contributed by atoms with Gasteiger partial charge in [0.1, 0.15) is 5.75 Å². The number of nitrogens with two attached hydrogens (primary N) is 1. The Balaban J connectivity index is 1.97. The molecule has 6 nitrogen and oxygen atoms in total. The van der Waals surface area contributed by atoms with Gasteiger partial charge in [-0.25, -0.2) is 0 Å². The van der Waals surface area contributed by atoms with Gasteiger partial charge in [-0.05, 0) is 26.0 Å². The highest BCUT2D eigenvalue weighted by Crippen LogP contribution is 2.17. The lowest BCUT2D eigenvalue weighted by molar-refractivity contribution is -0.145. The van der Waals surface area contributed by atoms with E-state index in [9.17, 15) is 9.59 Å². The SMILES string of the molecule is C[C@H]1CN(C(=O)COc2ccccc2C(N)=O)C[C@H](C)O1. The normalized spacial score (nSPS) is 21.9. The predicted molar refractivity (Wildman–Crippen MR) is 77.0 cm³/mol. The average Bonchev–Trinajstić information content (AvgIpc) is 2.43. The number of morpholine rings is 1. The number of hydrogen-bond acceptors (Lipinski definition) is 4. The second kappa shape index (κ2) is 6.58. The molecule has 2 atom stereocenters. The number of primary amides is 1. The van der Waals surface area contributed by atoms with Crippen molar-refractivity contribution in [3.8, 4) is 5.75 Å². The summed E-state index contributed by atoms with van der Waals surface area (Å²) >= 11 is 0. The molecule has 114 valence electrons. The summed E-state index contributed by atoms with van der Waals surface area (Å²) in [6.07, 6.45) is 0.0196. The van der Waals surface area contributed by atoms with Crippen LogP contribution in [0, 0.1) is 0 Å². The van der Waals surface area contributed by atoms with Crippen LogP contribution in [-0.2, 0) is 9.53 Å². The quantitative estimate of drug-likeness (QED) is 0.890. The van der Waals surface area contributed by atoms with Crippen LogP contribution in [-0.4, -0.2) is 48.6 Å². The van der Waals surface area contributed by atoms with E-state index < -0.39 is 5.91 Å². The number of benzene rings is 1. The van der Waals surface area contributed by atoms with Crippen LogP contribution in [0.1, 0.15) is 24.2 Å². The third-order valence-electron chi connectivity index (χ3n) is 3.28. The van der Waals surface area contributed by atoms with Crippen molar-refractivity contribution in [3.63, 3.8) is 0 Å². The molecule has 1 aromatic rings. The van der Waals surface area contributed by atoms with Crippen molar-refractivity contribution in [1.82, 2.24) is 4.90 Å². The maximum Gasteiger partial charge on any atom is 0.260 e. The molecule has 0 radical (unpaired) electrons. The molecular formula is C15H20N2O4. The molecular weight excluding hydrogens is 272 g/mol. The molecule has 0 spiro atoms.